The molecule has 0 fully saturated rings. The van der Waals surface area contributed by atoms with Gasteiger partial charge in [0.2, 0.25) is 10.0 Å². The van der Waals surface area contributed by atoms with Gasteiger partial charge in [-0.25, -0.2) is 17.5 Å². The molecule has 0 aliphatic rings. The Morgan fingerprint density at radius 1 is 1.43 bits per heavy atom. The number of aryl methyl sites for hydroxylation is 1. The Kier molecular flexibility index (Phi) is 4.77. The maximum Gasteiger partial charge on any atom is 0.243 e. The fraction of sp³-hybridized carbons (Fsp3) is 0.250. The minimum Gasteiger partial charge on any atom is -0.392 e. The monoisotopic (exact) mass is 378 g/mol. The van der Waals surface area contributed by atoms with E-state index in [1.165, 1.54) is 6.07 Å². The molecule has 0 radical (unpaired) electrons. The fourth-order valence-electron chi connectivity index (χ4n) is 1.67. The molecule has 0 saturated heterocycles. The zero-order valence-corrected chi connectivity index (χ0v) is 13.3. The summed E-state index contributed by atoms with van der Waals surface area (Å²) in [5.41, 5.74) is 0.501. The van der Waals surface area contributed by atoms with Gasteiger partial charge in [-0.2, -0.15) is 0 Å². The number of aromatic nitrogens is 1. The molecule has 1 heterocycles. The van der Waals surface area contributed by atoms with E-state index < -0.39 is 27.3 Å². The molecule has 6 nitrogen and oxygen atoms in total. The van der Waals surface area contributed by atoms with Gasteiger partial charge >= 0.3 is 0 Å². The highest BCUT2D eigenvalue weighted by molar-refractivity contribution is 9.10. The summed E-state index contributed by atoms with van der Waals surface area (Å²) in [7, 11) is -4.09. The molecule has 114 valence electrons. The lowest BCUT2D eigenvalue weighted by Gasteiger charge is -2.09. The maximum atomic E-state index is 14.0. The molecule has 0 atom stereocenters. The van der Waals surface area contributed by atoms with E-state index in [1.807, 2.05) is 0 Å². The number of halogens is 2. The number of aliphatic hydroxyl groups excluding tert-OH is 1. The van der Waals surface area contributed by atoms with Crippen LogP contribution in [0.15, 0.2) is 32.1 Å². The van der Waals surface area contributed by atoms with Crippen molar-refractivity contribution in [1.29, 1.82) is 0 Å². The van der Waals surface area contributed by atoms with E-state index in [-0.39, 0.29) is 12.1 Å². The maximum absolute atomic E-state index is 14.0. The van der Waals surface area contributed by atoms with Gasteiger partial charge in [0.1, 0.15) is 10.7 Å². The smallest absolute Gasteiger partial charge is 0.243 e. The van der Waals surface area contributed by atoms with Crippen molar-refractivity contribution in [2.75, 3.05) is 0 Å². The Balaban J connectivity index is 2.29. The average Bonchev–Trinajstić information content (AvgIpc) is 2.84. The van der Waals surface area contributed by atoms with Gasteiger partial charge in [0.05, 0.1) is 18.8 Å². The number of hydrogen-bond donors (Lipinski definition) is 2. The molecule has 0 amide bonds. The Bertz CT molecular complexity index is 761. The minimum absolute atomic E-state index is 0.111. The molecule has 0 unspecified atom stereocenters. The molecule has 0 spiro atoms. The van der Waals surface area contributed by atoms with Crippen LogP contribution in [0, 0.1) is 12.7 Å². The summed E-state index contributed by atoms with van der Waals surface area (Å²) < 4.78 is 45.8. The first-order valence-electron chi connectivity index (χ1n) is 5.84. The van der Waals surface area contributed by atoms with Crippen molar-refractivity contribution in [1.82, 2.24) is 9.88 Å². The summed E-state index contributed by atoms with van der Waals surface area (Å²) in [4.78, 5) is -0.544. The van der Waals surface area contributed by atoms with E-state index in [4.69, 9.17) is 9.63 Å². The molecule has 2 aromatic rings. The Morgan fingerprint density at radius 3 is 2.71 bits per heavy atom. The normalized spacial score (nSPS) is 11.8. The SMILES string of the molecule is Cc1cc(CNS(=O)(=O)c2cc(Br)cc(CO)c2F)on1. The second kappa shape index (κ2) is 6.22. The van der Waals surface area contributed by atoms with Crippen LogP contribution in [0.25, 0.3) is 0 Å². The third kappa shape index (κ3) is 3.67. The number of sulfonamides is 1. The summed E-state index contributed by atoms with van der Waals surface area (Å²) in [5, 5.41) is 12.7. The van der Waals surface area contributed by atoms with Crippen LogP contribution in [-0.2, 0) is 23.2 Å². The largest absolute Gasteiger partial charge is 0.392 e. The molecule has 0 saturated carbocycles. The number of rotatable bonds is 5. The highest BCUT2D eigenvalue weighted by Gasteiger charge is 2.22. The van der Waals surface area contributed by atoms with Crippen molar-refractivity contribution in [3.8, 4) is 0 Å². The summed E-state index contributed by atoms with van der Waals surface area (Å²) in [5.74, 6) is -0.671. The molecule has 21 heavy (non-hydrogen) atoms. The Labute approximate surface area is 129 Å². The molecule has 2 rings (SSSR count). The lowest BCUT2D eigenvalue weighted by molar-refractivity contribution is 0.274. The quantitative estimate of drug-likeness (QED) is 0.828. The summed E-state index contributed by atoms with van der Waals surface area (Å²) in [6.45, 7) is 0.946. The number of benzene rings is 1. The third-order valence-corrected chi connectivity index (χ3v) is 4.51. The second-order valence-corrected chi connectivity index (χ2v) is 6.95. The van der Waals surface area contributed by atoms with E-state index in [0.717, 1.165) is 6.07 Å². The molecule has 9 heteroatoms. The lowest BCUT2D eigenvalue weighted by atomic mass is 10.2. The van der Waals surface area contributed by atoms with Crippen molar-refractivity contribution in [2.45, 2.75) is 25.0 Å². The van der Waals surface area contributed by atoms with Crippen molar-refractivity contribution in [2.24, 2.45) is 0 Å². The van der Waals surface area contributed by atoms with Gasteiger partial charge in [0.15, 0.2) is 5.76 Å². The zero-order valence-electron chi connectivity index (χ0n) is 10.9. The topological polar surface area (TPSA) is 92.4 Å². The predicted molar refractivity (Wildman–Crippen MR) is 75.3 cm³/mol. The van der Waals surface area contributed by atoms with Crippen LogP contribution in [0.2, 0.25) is 0 Å². The summed E-state index contributed by atoms with van der Waals surface area (Å²) in [6, 6.07) is 4.01. The molecule has 2 N–H and O–H groups in total. The van der Waals surface area contributed by atoms with Gasteiger partial charge in [-0.15, -0.1) is 0 Å². The van der Waals surface area contributed by atoms with Crippen LogP contribution in [0.3, 0.4) is 0 Å². The van der Waals surface area contributed by atoms with Crippen LogP contribution >= 0.6 is 15.9 Å². The predicted octanol–water partition coefficient (Wildman–Crippen LogP) is 1.86. The summed E-state index contributed by atoms with van der Waals surface area (Å²) in [6.07, 6.45) is 0. The molecule has 0 aliphatic heterocycles. The standard InChI is InChI=1S/C12H12BrFN2O4S/c1-7-2-10(20-16-7)5-15-21(18,19)11-4-9(13)3-8(6-17)12(11)14/h2-4,15,17H,5-6H2,1H3. The van der Waals surface area contributed by atoms with Crippen molar-refractivity contribution >= 4 is 26.0 Å². The molecule has 1 aromatic carbocycles. The van der Waals surface area contributed by atoms with E-state index in [9.17, 15) is 12.8 Å². The highest BCUT2D eigenvalue weighted by Crippen LogP contribution is 2.24. The first kappa shape index (κ1) is 16.1. The fourth-order valence-corrected chi connectivity index (χ4v) is 3.47. The van der Waals surface area contributed by atoms with Crippen LogP contribution in [0.5, 0.6) is 0 Å². The van der Waals surface area contributed by atoms with Crippen LogP contribution in [0.4, 0.5) is 4.39 Å². The van der Waals surface area contributed by atoms with Gasteiger partial charge in [-0.1, -0.05) is 21.1 Å². The minimum atomic E-state index is -4.09. The first-order chi connectivity index (χ1) is 9.83. The van der Waals surface area contributed by atoms with Crippen molar-refractivity contribution in [3.05, 3.63) is 45.5 Å². The zero-order chi connectivity index (χ0) is 15.6. The van der Waals surface area contributed by atoms with E-state index in [2.05, 4.69) is 25.8 Å². The molecule has 0 bridgehead atoms. The van der Waals surface area contributed by atoms with Crippen LogP contribution < -0.4 is 4.72 Å². The second-order valence-electron chi connectivity index (χ2n) is 4.29. The molecule has 0 aliphatic carbocycles. The van der Waals surface area contributed by atoms with Gasteiger partial charge in [-0.05, 0) is 19.1 Å². The van der Waals surface area contributed by atoms with E-state index >= 15 is 0 Å². The summed E-state index contributed by atoms with van der Waals surface area (Å²) >= 11 is 3.08. The molecule has 1 aromatic heterocycles. The van der Waals surface area contributed by atoms with Gasteiger partial charge in [0.25, 0.3) is 0 Å². The average molecular weight is 379 g/mol. The van der Waals surface area contributed by atoms with Crippen LogP contribution in [0.1, 0.15) is 17.0 Å². The van der Waals surface area contributed by atoms with E-state index in [0.29, 0.717) is 15.9 Å². The Morgan fingerprint density at radius 2 is 2.14 bits per heavy atom. The van der Waals surface area contributed by atoms with Gasteiger partial charge < -0.3 is 9.63 Å². The first-order valence-corrected chi connectivity index (χ1v) is 8.11. The molecular formula is C12H12BrFN2O4S. The lowest BCUT2D eigenvalue weighted by Crippen LogP contribution is -2.24. The van der Waals surface area contributed by atoms with Gasteiger partial charge in [-0.3, -0.25) is 0 Å². The number of nitrogens with one attached hydrogen (secondary N) is 1. The van der Waals surface area contributed by atoms with Gasteiger partial charge in [0, 0.05) is 16.1 Å². The number of hydrogen-bond acceptors (Lipinski definition) is 5. The highest BCUT2D eigenvalue weighted by atomic mass is 79.9. The van der Waals surface area contributed by atoms with Crippen molar-refractivity contribution < 1.29 is 22.4 Å². The Hall–Kier alpha value is -1.29. The van der Waals surface area contributed by atoms with Crippen LogP contribution in [-0.4, -0.2) is 18.7 Å². The van der Waals surface area contributed by atoms with E-state index in [1.54, 1.807) is 13.0 Å². The number of aliphatic hydroxyl groups is 1. The molecular weight excluding hydrogens is 367 g/mol. The van der Waals surface area contributed by atoms with Crippen molar-refractivity contribution in [3.63, 3.8) is 0 Å². The third-order valence-electron chi connectivity index (χ3n) is 2.65. The number of nitrogens with zero attached hydrogens (tertiary/aromatic N) is 1.